The van der Waals surface area contributed by atoms with Crippen molar-refractivity contribution in [2.45, 2.75) is 0 Å². The van der Waals surface area contributed by atoms with Crippen LogP contribution in [0.3, 0.4) is 0 Å². The molecular formula is C10H6BrN3O. The Bertz CT molecular complexity index is 591. The van der Waals surface area contributed by atoms with Crippen molar-refractivity contribution in [3.8, 4) is 11.8 Å². The zero-order chi connectivity index (χ0) is 10.8. The van der Waals surface area contributed by atoms with Crippen molar-refractivity contribution in [1.29, 1.82) is 5.26 Å². The Morgan fingerprint density at radius 2 is 2.20 bits per heavy atom. The maximum absolute atomic E-state index is 11.5. The minimum atomic E-state index is -0.246. The van der Waals surface area contributed by atoms with Gasteiger partial charge in [0, 0.05) is 10.5 Å². The molecule has 74 valence electrons. The molecule has 0 radical (unpaired) electrons. The number of nitrogens with one attached hydrogen (secondary N) is 1. The number of hydrogen-bond donors (Lipinski definition) is 1. The SMILES string of the molecule is N#Cc1cc(=O)n(-c2cccc(Br)c2)[nH]1. The van der Waals surface area contributed by atoms with Gasteiger partial charge < -0.3 is 0 Å². The Kier molecular flexibility index (Phi) is 2.44. The van der Waals surface area contributed by atoms with Crippen LogP contribution in [0.25, 0.3) is 5.69 Å². The summed E-state index contributed by atoms with van der Waals surface area (Å²) in [6, 6.07) is 10.4. The third-order valence-electron chi connectivity index (χ3n) is 1.91. The minimum Gasteiger partial charge on any atom is -0.281 e. The second kappa shape index (κ2) is 3.75. The van der Waals surface area contributed by atoms with E-state index in [0.717, 1.165) is 4.47 Å². The normalized spacial score (nSPS) is 9.87. The van der Waals surface area contributed by atoms with Crippen LogP contribution in [0.15, 0.2) is 39.6 Å². The quantitative estimate of drug-likeness (QED) is 0.853. The summed E-state index contributed by atoms with van der Waals surface area (Å²) in [6.07, 6.45) is 0. The number of aromatic amines is 1. The first-order chi connectivity index (χ1) is 7.20. The molecular weight excluding hydrogens is 258 g/mol. The number of aromatic nitrogens is 2. The average molecular weight is 264 g/mol. The van der Waals surface area contributed by atoms with Gasteiger partial charge >= 0.3 is 0 Å². The Balaban J connectivity index is 2.60. The van der Waals surface area contributed by atoms with Crippen molar-refractivity contribution in [3.05, 3.63) is 50.9 Å². The molecule has 2 aromatic rings. The largest absolute Gasteiger partial charge is 0.281 e. The number of hydrogen-bond acceptors (Lipinski definition) is 2. The molecule has 2 rings (SSSR count). The van der Waals surface area contributed by atoms with Crippen LogP contribution in [0.5, 0.6) is 0 Å². The Morgan fingerprint density at radius 1 is 1.40 bits per heavy atom. The summed E-state index contributed by atoms with van der Waals surface area (Å²) in [5.74, 6) is 0. The number of benzene rings is 1. The van der Waals surface area contributed by atoms with E-state index in [9.17, 15) is 4.79 Å². The summed E-state index contributed by atoms with van der Waals surface area (Å²) in [6.45, 7) is 0. The molecule has 1 N–H and O–H groups in total. The molecule has 0 amide bonds. The molecule has 0 unspecified atom stereocenters. The maximum atomic E-state index is 11.5. The highest BCUT2D eigenvalue weighted by Gasteiger charge is 2.04. The molecule has 0 atom stereocenters. The Morgan fingerprint density at radius 3 is 2.80 bits per heavy atom. The summed E-state index contributed by atoms with van der Waals surface area (Å²) in [7, 11) is 0. The molecule has 5 heteroatoms. The molecule has 0 bridgehead atoms. The van der Waals surface area contributed by atoms with Crippen LogP contribution in [0, 0.1) is 11.3 Å². The fourth-order valence-corrected chi connectivity index (χ4v) is 1.65. The third kappa shape index (κ3) is 1.85. The number of halogens is 1. The Labute approximate surface area is 93.9 Å². The standard InChI is InChI=1S/C10H6BrN3O/c11-7-2-1-3-9(4-7)14-10(15)5-8(6-12)13-14/h1-5,13H. The second-order valence-electron chi connectivity index (χ2n) is 2.94. The lowest BCUT2D eigenvalue weighted by molar-refractivity contribution is 0.843. The maximum Gasteiger partial charge on any atom is 0.272 e. The molecule has 0 aliphatic carbocycles. The summed E-state index contributed by atoms with van der Waals surface area (Å²) >= 11 is 3.31. The third-order valence-corrected chi connectivity index (χ3v) is 2.40. The zero-order valence-electron chi connectivity index (χ0n) is 7.57. The second-order valence-corrected chi connectivity index (χ2v) is 3.85. The van der Waals surface area contributed by atoms with E-state index in [2.05, 4.69) is 21.0 Å². The van der Waals surface area contributed by atoms with E-state index in [1.165, 1.54) is 10.7 Å². The van der Waals surface area contributed by atoms with Crippen LogP contribution in [0.4, 0.5) is 0 Å². The first kappa shape index (κ1) is 9.74. The molecule has 0 fully saturated rings. The summed E-state index contributed by atoms with van der Waals surface area (Å²) in [4.78, 5) is 11.5. The first-order valence-corrected chi connectivity index (χ1v) is 4.98. The van der Waals surface area contributed by atoms with E-state index in [0.29, 0.717) is 5.69 Å². The van der Waals surface area contributed by atoms with Crippen LogP contribution < -0.4 is 5.56 Å². The predicted octanol–water partition coefficient (Wildman–Crippen LogP) is 1.80. The lowest BCUT2D eigenvalue weighted by Gasteiger charge is -2.00. The molecule has 0 saturated heterocycles. The molecule has 4 nitrogen and oxygen atoms in total. The summed E-state index contributed by atoms with van der Waals surface area (Å²) in [5.41, 5.74) is 0.695. The van der Waals surface area contributed by atoms with E-state index in [1.54, 1.807) is 12.1 Å². The molecule has 1 aromatic heterocycles. The monoisotopic (exact) mass is 263 g/mol. The van der Waals surface area contributed by atoms with Crippen molar-refractivity contribution in [2.24, 2.45) is 0 Å². The molecule has 15 heavy (non-hydrogen) atoms. The Hall–Kier alpha value is -1.80. The van der Waals surface area contributed by atoms with E-state index in [4.69, 9.17) is 5.26 Å². The van der Waals surface area contributed by atoms with E-state index in [1.807, 2.05) is 18.2 Å². The average Bonchev–Trinajstić information content (AvgIpc) is 2.60. The molecule has 1 heterocycles. The highest BCUT2D eigenvalue weighted by atomic mass is 79.9. The van der Waals surface area contributed by atoms with E-state index < -0.39 is 0 Å². The predicted molar refractivity (Wildman–Crippen MR) is 58.8 cm³/mol. The smallest absolute Gasteiger partial charge is 0.272 e. The highest BCUT2D eigenvalue weighted by Crippen LogP contribution is 2.13. The fourth-order valence-electron chi connectivity index (χ4n) is 1.26. The van der Waals surface area contributed by atoms with Gasteiger partial charge in [0.15, 0.2) is 0 Å². The van der Waals surface area contributed by atoms with Gasteiger partial charge in [-0.2, -0.15) is 5.26 Å². The first-order valence-electron chi connectivity index (χ1n) is 4.19. The molecule has 0 saturated carbocycles. The molecule has 0 aliphatic heterocycles. The van der Waals surface area contributed by atoms with Gasteiger partial charge in [0.1, 0.15) is 11.8 Å². The lowest BCUT2D eigenvalue weighted by Crippen LogP contribution is -2.13. The van der Waals surface area contributed by atoms with Crippen molar-refractivity contribution < 1.29 is 0 Å². The van der Waals surface area contributed by atoms with Gasteiger partial charge in [-0.3, -0.25) is 9.89 Å². The fraction of sp³-hybridized carbons (Fsp3) is 0. The number of H-pyrrole nitrogens is 1. The van der Waals surface area contributed by atoms with Crippen LogP contribution in [0.1, 0.15) is 5.69 Å². The van der Waals surface area contributed by atoms with Crippen molar-refractivity contribution in [1.82, 2.24) is 9.78 Å². The number of rotatable bonds is 1. The molecule has 0 aliphatic rings. The van der Waals surface area contributed by atoms with Crippen LogP contribution in [-0.4, -0.2) is 9.78 Å². The van der Waals surface area contributed by atoms with Crippen molar-refractivity contribution in [3.63, 3.8) is 0 Å². The van der Waals surface area contributed by atoms with Crippen molar-refractivity contribution in [2.75, 3.05) is 0 Å². The van der Waals surface area contributed by atoms with Crippen LogP contribution >= 0.6 is 15.9 Å². The molecule has 0 spiro atoms. The molecule has 1 aromatic carbocycles. The number of nitriles is 1. The van der Waals surface area contributed by atoms with Gasteiger partial charge in [0.25, 0.3) is 5.56 Å². The van der Waals surface area contributed by atoms with Gasteiger partial charge in [-0.1, -0.05) is 22.0 Å². The highest BCUT2D eigenvalue weighted by molar-refractivity contribution is 9.10. The van der Waals surface area contributed by atoms with Crippen LogP contribution in [-0.2, 0) is 0 Å². The number of nitrogens with zero attached hydrogens (tertiary/aromatic N) is 2. The lowest BCUT2D eigenvalue weighted by atomic mass is 10.3. The zero-order valence-corrected chi connectivity index (χ0v) is 9.15. The van der Waals surface area contributed by atoms with Gasteiger partial charge in [-0.25, -0.2) is 4.68 Å². The van der Waals surface area contributed by atoms with E-state index in [-0.39, 0.29) is 11.3 Å². The van der Waals surface area contributed by atoms with Gasteiger partial charge in [-0.05, 0) is 18.2 Å². The van der Waals surface area contributed by atoms with Gasteiger partial charge in [0.2, 0.25) is 0 Å². The topological polar surface area (TPSA) is 61.6 Å². The van der Waals surface area contributed by atoms with Crippen LogP contribution in [0.2, 0.25) is 0 Å². The minimum absolute atomic E-state index is 0.246. The summed E-state index contributed by atoms with van der Waals surface area (Å²) < 4.78 is 2.20. The van der Waals surface area contributed by atoms with Gasteiger partial charge in [0.05, 0.1) is 5.69 Å². The van der Waals surface area contributed by atoms with Crippen molar-refractivity contribution >= 4 is 15.9 Å². The van der Waals surface area contributed by atoms with E-state index >= 15 is 0 Å². The summed E-state index contributed by atoms with van der Waals surface area (Å²) in [5, 5.41) is 11.3. The van der Waals surface area contributed by atoms with Gasteiger partial charge in [-0.15, -0.1) is 0 Å².